The molecule has 0 spiro atoms. The van der Waals surface area contributed by atoms with Gasteiger partial charge in [0, 0.05) is 19.6 Å². The number of hydrogen-bond acceptors (Lipinski definition) is 4. The van der Waals surface area contributed by atoms with Crippen molar-refractivity contribution < 1.29 is 0 Å². The van der Waals surface area contributed by atoms with E-state index in [0.29, 0.717) is 11.2 Å². The molecule has 0 amide bonds. The van der Waals surface area contributed by atoms with Crippen LogP contribution in [0.5, 0.6) is 0 Å². The van der Waals surface area contributed by atoms with E-state index in [1.54, 1.807) is 10.9 Å². The van der Waals surface area contributed by atoms with Crippen LogP contribution in [0.1, 0.15) is 37.9 Å². The highest BCUT2D eigenvalue weighted by molar-refractivity contribution is 5.68. The highest BCUT2D eigenvalue weighted by Gasteiger charge is 2.23. The molecule has 1 fully saturated rings. The zero-order valence-electron chi connectivity index (χ0n) is 12.2. The molecule has 2 aliphatic rings. The van der Waals surface area contributed by atoms with Crippen molar-refractivity contribution in [2.24, 2.45) is 5.92 Å². The van der Waals surface area contributed by atoms with E-state index in [2.05, 4.69) is 19.9 Å². The van der Waals surface area contributed by atoms with E-state index < -0.39 is 0 Å². The summed E-state index contributed by atoms with van der Waals surface area (Å²) < 4.78 is 1.79. The van der Waals surface area contributed by atoms with Gasteiger partial charge in [0.25, 0.3) is 5.56 Å². The Morgan fingerprint density at radius 3 is 2.95 bits per heavy atom. The largest absolute Gasteiger partial charge is 0.329 e. The molecular weight excluding hydrogens is 266 g/mol. The average Bonchev–Trinajstić information content (AvgIpc) is 2.97. The zero-order chi connectivity index (χ0) is 14.2. The van der Waals surface area contributed by atoms with Crippen molar-refractivity contribution in [2.45, 2.75) is 45.2 Å². The van der Waals surface area contributed by atoms with E-state index in [1.807, 2.05) is 0 Å². The molecule has 0 radical (unpaired) electrons. The highest BCUT2D eigenvalue weighted by atomic mass is 16.1. The molecule has 112 valence electrons. The molecular formula is C15H21N5O. The lowest BCUT2D eigenvalue weighted by atomic mass is 9.89. The van der Waals surface area contributed by atoms with Crippen LogP contribution in [0.4, 0.5) is 0 Å². The van der Waals surface area contributed by atoms with Crippen LogP contribution in [-0.2, 0) is 13.1 Å². The molecule has 21 heavy (non-hydrogen) atoms. The van der Waals surface area contributed by atoms with Crippen LogP contribution >= 0.6 is 0 Å². The number of hydrogen-bond donors (Lipinski definition) is 1. The molecule has 2 aromatic heterocycles. The first kappa shape index (κ1) is 13.0. The molecule has 0 aromatic carbocycles. The van der Waals surface area contributed by atoms with Crippen molar-refractivity contribution in [3.63, 3.8) is 0 Å². The molecule has 0 unspecified atom stereocenters. The molecule has 0 saturated heterocycles. The Morgan fingerprint density at radius 1 is 1.24 bits per heavy atom. The first-order chi connectivity index (χ1) is 10.3. The number of aromatic nitrogens is 4. The van der Waals surface area contributed by atoms with E-state index in [9.17, 15) is 4.79 Å². The first-order valence-electron chi connectivity index (χ1n) is 7.96. The van der Waals surface area contributed by atoms with E-state index in [1.165, 1.54) is 32.1 Å². The average molecular weight is 287 g/mol. The molecule has 1 saturated carbocycles. The summed E-state index contributed by atoms with van der Waals surface area (Å²) in [6.45, 7) is 3.61. The quantitative estimate of drug-likeness (QED) is 0.909. The van der Waals surface area contributed by atoms with Gasteiger partial charge in [-0.25, -0.2) is 9.97 Å². The fourth-order valence-corrected chi connectivity index (χ4v) is 3.73. The van der Waals surface area contributed by atoms with Gasteiger partial charge in [-0.05, 0) is 18.8 Å². The van der Waals surface area contributed by atoms with Crippen LogP contribution in [0.15, 0.2) is 11.1 Å². The molecule has 3 heterocycles. The summed E-state index contributed by atoms with van der Waals surface area (Å²) in [5.41, 5.74) is 1.07. The van der Waals surface area contributed by atoms with Crippen molar-refractivity contribution in [2.75, 3.05) is 13.1 Å². The van der Waals surface area contributed by atoms with Crippen LogP contribution < -0.4 is 5.56 Å². The molecule has 6 heteroatoms. The molecule has 2 aromatic rings. The normalized spacial score (nSPS) is 20.8. The second kappa shape index (κ2) is 5.26. The van der Waals surface area contributed by atoms with E-state index in [-0.39, 0.29) is 5.56 Å². The van der Waals surface area contributed by atoms with E-state index in [4.69, 9.17) is 0 Å². The third-order valence-corrected chi connectivity index (χ3v) is 4.87. The monoisotopic (exact) mass is 287 g/mol. The number of fused-ring (bicyclic) bond motifs is 2. The van der Waals surface area contributed by atoms with E-state index in [0.717, 1.165) is 37.9 Å². The number of nitrogens with zero attached hydrogens (tertiary/aromatic N) is 4. The zero-order valence-corrected chi connectivity index (χ0v) is 12.2. The highest BCUT2D eigenvalue weighted by Crippen LogP contribution is 2.25. The molecule has 6 nitrogen and oxygen atoms in total. The van der Waals surface area contributed by atoms with Gasteiger partial charge >= 0.3 is 0 Å². The van der Waals surface area contributed by atoms with Crippen molar-refractivity contribution in [3.8, 4) is 0 Å². The molecule has 0 bridgehead atoms. The van der Waals surface area contributed by atoms with Gasteiger partial charge in [-0.1, -0.05) is 19.3 Å². The van der Waals surface area contributed by atoms with Gasteiger partial charge < -0.3 is 4.98 Å². The number of nitrogens with one attached hydrogen (secondary N) is 1. The van der Waals surface area contributed by atoms with Gasteiger partial charge in [0.1, 0.15) is 5.82 Å². The number of imidazole rings is 1. The second-order valence-electron chi connectivity index (χ2n) is 6.32. The maximum atomic E-state index is 12.4. The molecule has 1 aliphatic carbocycles. The smallest absolute Gasteiger partial charge is 0.281 e. The summed E-state index contributed by atoms with van der Waals surface area (Å²) in [5.74, 6) is 1.70. The first-order valence-corrected chi connectivity index (χ1v) is 7.96. The van der Waals surface area contributed by atoms with Crippen LogP contribution in [0.2, 0.25) is 0 Å². The molecule has 1 N–H and O–H groups in total. The third kappa shape index (κ3) is 2.37. The fraction of sp³-hybridized carbons (Fsp3) is 0.667. The number of H-pyrrole nitrogens is 1. The second-order valence-corrected chi connectivity index (χ2v) is 6.32. The Labute approximate surface area is 123 Å². The van der Waals surface area contributed by atoms with Crippen LogP contribution in [-0.4, -0.2) is 37.5 Å². The minimum Gasteiger partial charge on any atom is -0.329 e. The SMILES string of the molecule is O=c1c2nc[nH]c2nc2n1CCN(CC1CCCCC1)C2. The van der Waals surface area contributed by atoms with Gasteiger partial charge in [0.15, 0.2) is 11.2 Å². The van der Waals surface area contributed by atoms with E-state index >= 15 is 0 Å². The predicted octanol–water partition coefficient (Wildman–Crippen LogP) is 1.52. The Hall–Kier alpha value is -1.69. The maximum absolute atomic E-state index is 12.4. The minimum absolute atomic E-state index is 0.00596. The van der Waals surface area contributed by atoms with Crippen molar-refractivity contribution in [1.82, 2.24) is 24.4 Å². The summed E-state index contributed by atoms with van der Waals surface area (Å²) >= 11 is 0. The van der Waals surface area contributed by atoms with Crippen LogP contribution in [0, 0.1) is 5.92 Å². The van der Waals surface area contributed by atoms with Gasteiger partial charge in [-0.2, -0.15) is 0 Å². The molecule has 0 atom stereocenters. The van der Waals surface area contributed by atoms with Crippen molar-refractivity contribution in [3.05, 3.63) is 22.5 Å². The lowest BCUT2D eigenvalue weighted by Crippen LogP contribution is -2.42. The molecule has 4 rings (SSSR count). The third-order valence-electron chi connectivity index (χ3n) is 4.87. The maximum Gasteiger partial charge on any atom is 0.281 e. The Kier molecular flexibility index (Phi) is 3.25. The summed E-state index contributed by atoms with van der Waals surface area (Å²) in [4.78, 5) is 26.4. The summed E-state index contributed by atoms with van der Waals surface area (Å²) in [6, 6.07) is 0. The van der Waals surface area contributed by atoms with Gasteiger partial charge in [-0.15, -0.1) is 0 Å². The lowest BCUT2D eigenvalue weighted by Gasteiger charge is -2.33. The number of aromatic amines is 1. The van der Waals surface area contributed by atoms with Crippen LogP contribution in [0.25, 0.3) is 11.2 Å². The van der Waals surface area contributed by atoms with Crippen molar-refractivity contribution >= 4 is 11.2 Å². The Balaban J connectivity index is 1.56. The van der Waals surface area contributed by atoms with Gasteiger partial charge in [0.05, 0.1) is 12.9 Å². The summed E-state index contributed by atoms with van der Waals surface area (Å²) in [7, 11) is 0. The standard InChI is InChI=1S/C15H21N5O/c21-15-13-14(17-10-16-13)18-12-9-19(6-7-20(12)15)8-11-4-2-1-3-5-11/h10-11H,1-9H2,(H,16,17). The Bertz CT molecular complexity index is 698. The summed E-state index contributed by atoms with van der Waals surface area (Å²) in [5, 5.41) is 0. The predicted molar refractivity (Wildman–Crippen MR) is 80.0 cm³/mol. The fourth-order valence-electron chi connectivity index (χ4n) is 3.73. The van der Waals surface area contributed by atoms with Gasteiger partial charge in [0.2, 0.25) is 0 Å². The number of rotatable bonds is 2. The summed E-state index contributed by atoms with van der Waals surface area (Å²) in [6.07, 6.45) is 8.41. The molecule has 1 aliphatic heterocycles. The lowest BCUT2D eigenvalue weighted by molar-refractivity contribution is 0.162. The van der Waals surface area contributed by atoms with Gasteiger partial charge in [-0.3, -0.25) is 14.3 Å². The van der Waals surface area contributed by atoms with Crippen molar-refractivity contribution in [1.29, 1.82) is 0 Å². The minimum atomic E-state index is -0.00596. The van der Waals surface area contributed by atoms with Crippen LogP contribution in [0.3, 0.4) is 0 Å². The Morgan fingerprint density at radius 2 is 2.10 bits per heavy atom. The topological polar surface area (TPSA) is 66.8 Å².